The lowest BCUT2D eigenvalue weighted by Gasteiger charge is -2.34. The molecule has 1 aliphatic carbocycles. The maximum absolute atomic E-state index is 9.74. The van der Waals surface area contributed by atoms with Crippen molar-refractivity contribution in [3.63, 3.8) is 0 Å². The second-order valence-electron chi connectivity index (χ2n) is 4.24. The van der Waals surface area contributed by atoms with Gasteiger partial charge in [0.25, 0.3) is 0 Å². The van der Waals surface area contributed by atoms with E-state index in [0.717, 1.165) is 18.8 Å². The van der Waals surface area contributed by atoms with Crippen LogP contribution in [-0.2, 0) is 0 Å². The van der Waals surface area contributed by atoms with Crippen LogP contribution >= 0.6 is 0 Å². The maximum atomic E-state index is 9.74. The number of hydrogen-bond donors (Lipinski definition) is 1. The summed E-state index contributed by atoms with van der Waals surface area (Å²) in [5, 5.41) is 9.74. The van der Waals surface area contributed by atoms with Crippen LogP contribution in [0.5, 0.6) is 0 Å². The Labute approximate surface area is 75.5 Å². The van der Waals surface area contributed by atoms with E-state index in [1.54, 1.807) is 0 Å². The van der Waals surface area contributed by atoms with Gasteiger partial charge < -0.3 is 5.11 Å². The van der Waals surface area contributed by atoms with Gasteiger partial charge in [0.15, 0.2) is 0 Å². The summed E-state index contributed by atoms with van der Waals surface area (Å²) in [5.41, 5.74) is 0. The fraction of sp³-hybridized carbons (Fsp3) is 0.818. The fourth-order valence-electron chi connectivity index (χ4n) is 2.15. The average Bonchev–Trinajstić information content (AvgIpc) is 2.08. The van der Waals surface area contributed by atoms with Crippen LogP contribution in [0, 0.1) is 17.8 Å². The summed E-state index contributed by atoms with van der Waals surface area (Å²) in [6.07, 6.45) is 5.19. The van der Waals surface area contributed by atoms with Crippen LogP contribution < -0.4 is 0 Å². The smallest absolute Gasteiger partial charge is 0.0574 e. The minimum absolute atomic E-state index is 0.0887. The van der Waals surface area contributed by atoms with Gasteiger partial charge in [-0.1, -0.05) is 19.9 Å². The summed E-state index contributed by atoms with van der Waals surface area (Å²) >= 11 is 0. The van der Waals surface area contributed by atoms with Gasteiger partial charge in [-0.2, -0.15) is 0 Å². The third kappa shape index (κ3) is 2.10. The largest absolute Gasteiger partial charge is 0.393 e. The molecule has 0 saturated heterocycles. The normalized spacial score (nSPS) is 39.1. The molecule has 0 aliphatic heterocycles. The molecule has 0 heterocycles. The van der Waals surface area contributed by atoms with Crippen LogP contribution in [0.15, 0.2) is 12.7 Å². The van der Waals surface area contributed by atoms with Gasteiger partial charge in [0.2, 0.25) is 0 Å². The quantitative estimate of drug-likeness (QED) is 0.628. The number of hydrogen-bond acceptors (Lipinski definition) is 1. The van der Waals surface area contributed by atoms with Gasteiger partial charge in [-0.25, -0.2) is 0 Å². The molecule has 70 valence electrons. The van der Waals surface area contributed by atoms with Crippen molar-refractivity contribution in [3.8, 4) is 0 Å². The van der Waals surface area contributed by atoms with Gasteiger partial charge in [-0.05, 0) is 37.0 Å². The predicted molar refractivity (Wildman–Crippen MR) is 51.9 cm³/mol. The molecular weight excluding hydrogens is 148 g/mol. The molecule has 0 spiro atoms. The van der Waals surface area contributed by atoms with Crippen molar-refractivity contribution in [2.75, 3.05) is 0 Å². The highest BCUT2D eigenvalue weighted by molar-refractivity contribution is 4.88. The van der Waals surface area contributed by atoms with Gasteiger partial charge in [0, 0.05) is 0 Å². The zero-order valence-electron chi connectivity index (χ0n) is 8.16. The standard InChI is InChI=1S/C11H20O/c1-4-9(3)10-7-8(2)5-6-11(10)12/h4,8-12H,1,5-7H2,2-3H3. The molecule has 4 unspecified atom stereocenters. The van der Waals surface area contributed by atoms with E-state index in [9.17, 15) is 5.11 Å². The molecule has 0 aromatic rings. The summed E-state index contributed by atoms with van der Waals surface area (Å²) in [5.74, 6) is 1.69. The Bertz CT molecular complexity index is 153. The topological polar surface area (TPSA) is 20.2 Å². The number of allylic oxidation sites excluding steroid dienone is 1. The molecule has 4 atom stereocenters. The third-order valence-corrected chi connectivity index (χ3v) is 3.17. The Kier molecular flexibility index (Phi) is 3.33. The van der Waals surface area contributed by atoms with E-state index < -0.39 is 0 Å². The zero-order valence-corrected chi connectivity index (χ0v) is 8.16. The Morgan fingerprint density at radius 2 is 2.17 bits per heavy atom. The van der Waals surface area contributed by atoms with Crippen LogP contribution in [0.25, 0.3) is 0 Å². The lowest BCUT2D eigenvalue weighted by molar-refractivity contribution is 0.0342. The molecule has 1 N–H and O–H groups in total. The van der Waals surface area contributed by atoms with Gasteiger partial charge >= 0.3 is 0 Å². The molecule has 0 bridgehead atoms. The summed E-state index contributed by atoms with van der Waals surface area (Å²) < 4.78 is 0. The van der Waals surface area contributed by atoms with Gasteiger partial charge in [-0.3, -0.25) is 0 Å². The number of rotatable bonds is 2. The lowest BCUT2D eigenvalue weighted by Crippen LogP contribution is -2.31. The first kappa shape index (κ1) is 9.79. The van der Waals surface area contributed by atoms with Crippen LogP contribution in [0.3, 0.4) is 0 Å². The number of aliphatic hydroxyl groups excluding tert-OH is 1. The Balaban J connectivity index is 2.53. The molecule has 12 heavy (non-hydrogen) atoms. The highest BCUT2D eigenvalue weighted by Crippen LogP contribution is 2.34. The predicted octanol–water partition coefficient (Wildman–Crippen LogP) is 2.61. The van der Waals surface area contributed by atoms with Gasteiger partial charge in [0.1, 0.15) is 0 Å². The highest BCUT2D eigenvalue weighted by Gasteiger charge is 2.29. The molecule has 0 aromatic carbocycles. The van der Waals surface area contributed by atoms with Crippen molar-refractivity contribution in [2.24, 2.45) is 17.8 Å². The van der Waals surface area contributed by atoms with Crippen LogP contribution in [0.1, 0.15) is 33.1 Å². The van der Waals surface area contributed by atoms with E-state index in [1.807, 2.05) is 6.08 Å². The van der Waals surface area contributed by atoms with Gasteiger partial charge in [-0.15, -0.1) is 6.58 Å². The van der Waals surface area contributed by atoms with Crippen molar-refractivity contribution in [1.82, 2.24) is 0 Å². The van der Waals surface area contributed by atoms with Crippen LogP contribution in [0.4, 0.5) is 0 Å². The Morgan fingerprint density at radius 3 is 2.75 bits per heavy atom. The van der Waals surface area contributed by atoms with Crippen LogP contribution in [-0.4, -0.2) is 11.2 Å². The first-order valence-electron chi connectivity index (χ1n) is 4.95. The maximum Gasteiger partial charge on any atom is 0.0574 e. The minimum Gasteiger partial charge on any atom is -0.393 e. The Hall–Kier alpha value is -0.300. The molecule has 1 fully saturated rings. The lowest BCUT2D eigenvalue weighted by atomic mass is 9.74. The molecule has 0 radical (unpaired) electrons. The van der Waals surface area contributed by atoms with E-state index in [0.29, 0.717) is 11.8 Å². The first-order valence-corrected chi connectivity index (χ1v) is 4.95. The Morgan fingerprint density at radius 1 is 1.50 bits per heavy atom. The summed E-state index contributed by atoms with van der Waals surface area (Å²) in [7, 11) is 0. The monoisotopic (exact) mass is 168 g/mol. The molecule has 1 nitrogen and oxygen atoms in total. The summed E-state index contributed by atoms with van der Waals surface area (Å²) in [6.45, 7) is 8.21. The minimum atomic E-state index is -0.0887. The second kappa shape index (κ2) is 4.08. The van der Waals surface area contributed by atoms with Crippen molar-refractivity contribution in [3.05, 3.63) is 12.7 Å². The molecule has 1 rings (SSSR count). The van der Waals surface area contributed by atoms with E-state index in [4.69, 9.17) is 0 Å². The zero-order chi connectivity index (χ0) is 9.14. The van der Waals surface area contributed by atoms with Crippen LogP contribution in [0.2, 0.25) is 0 Å². The van der Waals surface area contributed by atoms with Crippen molar-refractivity contribution >= 4 is 0 Å². The molecule has 0 aromatic heterocycles. The van der Waals surface area contributed by atoms with Gasteiger partial charge in [0.05, 0.1) is 6.10 Å². The highest BCUT2D eigenvalue weighted by atomic mass is 16.3. The molecule has 1 aliphatic rings. The molecule has 1 saturated carbocycles. The van der Waals surface area contributed by atoms with Crippen molar-refractivity contribution in [2.45, 2.75) is 39.2 Å². The summed E-state index contributed by atoms with van der Waals surface area (Å²) in [4.78, 5) is 0. The SMILES string of the molecule is C=CC(C)C1CC(C)CCC1O. The van der Waals surface area contributed by atoms with E-state index in [-0.39, 0.29) is 6.10 Å². The molecular formula is C11H20O. The fourth-order valence-corrected chi connectivity index (χ4v) is 2.15. The first-order chi connectivity index (χ1) is 5.65. The van der Waals surface area contributed by atoms with E-state index in [1.165, 1.54) is 6.42 Å². The molecule has 1 heteroatoms. The second-order valence-corrected chi connectivity index (χ2v) is 4.24. The van der Waals surface area contributed by atoms with E-state index in [2.05, 4.69) is 20.4 Å². The molecule has 0 amide bonds. The average molecular weight is 168 g/mol. The third-order valence-electron chi connectivity index (χ3n) is 3.17. The van der Waals surface area contributed by atoms with Crippen molar-refractivity contribution < 1.29 is 5.11 Å². The number of aliphatic hydroxyl groups is 1. The summed E-state index contributed by atoms with van der Waals surface area (Å²) in [6, 6.07) is 0. The van der Waals surface area contributed by atoms with Crippen molar-refractivity contribution in [1.29, 1.82) is 0 Å². The van der Waals surface area contributed by atoms with E-state index >= 15 is 0 Å².